The molecule has 1 N–H and O–H groups in total. The van der Waals surface area contributed by atoms with Gasteiger partial charge in [-0.25, -0.2) is 4.99 Å². The third kappa shape index (κ3) is 3.07. The molecule has 0 aliphatic carbocycles. The summed E-state index contributed by atoms with van der Waals surface area (Å²) in [5, 5.41) is 9.53. The van der Waals surface area contributed by atoms with Crippen LogP contribution in [-0.4, -0.2) is 30.4 Å². The number of hydrogen-bond acceptors (Lipinski definition) is 2. The van der Waals surface area contributed by atoms with Crippen molar-refractivity contribution in [2.24, 2.45) is 4.99 Å². The molecule has 88 valence electrons. The lowest BCUT2D eigenvalue weighted by molar-refractivity contribution is 0.199. The van der Waals surface area contributed by atoms with Crippen LogP contribution in [0.15, 0.2) is 17.1 Å². The molecular weight excluding hydrogens is 200 g/mol. The molecule has 0 bridgehead atoms. The van der Waals surface area contributed by atoms with Crippen LogP contribution in [0.4, 0.5) is 5.69 Å². The van der Waals surface area contributed by atoms with Crippen LogP contribution >= 0.6 is 0 Å². The van der Waals surface area contributed by atoms with Gasteiger partial charge in [-0.3, -0.25) is 0 Å². The number of benzene rings is 1. The zero-order valence-electron chi connectivity index (χ0n) is 10.7. The minimum Gasteiger partial charge on any atom is -0.389 e. The van der Waals surface area contributed by atoms with Gasteiger partial charge in [-0.1, -0.05) is 12.1 Å². The molecule has 1 aromatic carbocycles. The Bertz CT molecular complexity index is 372. The van der Waals surface area contributed by atoms with E-state index < -0.39 is 6.10 Å². The van der Waals surface area contributed by atoms with Crippen LogP contribution in [0, 0.1) is 13.8 Å². The molecule has 0 radical (unpaired) electrons. The van der Waals surface area contributed by atoms with Crippen molar-refractivity contribution in [2.75, 3.05) is 14.1 Å². The van der Waals surface area contributed by atoms with Crippen molar-refractivity contribution in [3.05, 3.63) is 28.8 Å². The Hall–Kier alpha value is -1.35. The van der Waals surface area contributed by atoms with Crippen molar-refractivity contribution >= 4 is 12.0 Å². The van der Waals surface area contributed by atoms with Crippen molar-refractivity contribution in [3.8, 4) is 0 Å². The van der Waals surface area contributed by atoms with E-state index in [1.807, 2.05) is 45.0 Å². The molecule has 1 rings (SSSR count). The van der Waals surface area contributed by atoms with Crippen molar-refractivity contribution in [2.45, 2.75) is 26.9 Å². The molecule has 3 nitrogen and oxygen atoms in total. The zero-order chi connectivity index (χ0) is 12.3. The van der Waals surface area contributed by atoms with Crippen LogP contribution in [0.25, 0.3) is 0 Å². The second-order valence-corrected chi connectivity index (χ2v) is 4.39. The summed E-state index contributed by atoms with van der Waals surface area (Å²) in [6.45, 7) is 5.80. The smallest absolute Gasteiger partial charge is 0.0907 e. The summed E-state index contributed by atoms with van der Waals surface area (Å²) in [6.07, 6.45) is 1.36. The Balaban J connectivity index is 3.13. The highest BCUT2D eigenvalue weighted by atomic mass is 16.3. The Morgan fingerprint density at radius 2 is 1.75 bits per heavy atom. The highest BCUT2D eigenvalue weighted by molar-refractivity contribution is 5.65. The SMILES string of the molecule is Cc1cc([C@H](C)O)cc(C)c1N=CN(C)C. The lowest BCUT2D eigenvalue weighted by Crippen LogP contribution is -2.07. The summed E-state index contributed by atoms with van der Waals surface area (Å²) >= 11 is 0. The van der Waals surface area contributed by atoms with Crippen LogP contribution in [0.2, 0.25) is 0 Å². The highest BCUT2D eigenvalue weighted by Gasteiger charge is 2.07. The van der Waals surface area contributed by atoms with Gasteiger partial charge in [0.2, 0.25) is 0 Å². The van der Waals surface area contributed by atoms with Gasteiger partial charge in [-0.2, -0.15) is 0 Å². The van der Waals surface area contributed by atoms with E-state index >= 15 is 0 Å². The van der Waals surface area contributed by atoms with Gasteiger partial charge in [-0.15, -0.1) is 0 Å². The lowest BCUT2D eigenvalue weighted by Gasteiger charge is -2.11. The summed E-state index contributed by atoms with van der Waals surface area (Å²) < 4.78 is 0. The van der Waals surface area contributed by atoms with E-state index in [1.165, 1.54) is 0 Å². The van der Waals surface area contributed by atoms with Crippen molar-refractivity contribution in [1.29, 1.82) is 0 Å². The van der Waals surface area contributed by atoms with Crippen LogP contribution < -0.4 is 0 Å². The molecular formula is C13H20N2O. The molecule has 1 atom stereocenters. The largest absolute Gasteiger partial charge is 0.389 e. The standard InChI is InChI=1S/C13H20N2O/c1-9-6-12(11(3)16)7-10(2)13(9)14-8-15(4)5/h6-8,11,16H,1-5H3/t11-/m0/s1. The first-order valence-electron chi connectivity index (χ1n) is 5.41. The van der Waals surface area contributed by atoms with E-state index in [1.54, 1.807) is 13.3 Å². The molecule has 1 aromatic rings. The van der Waals surface area contributed by atoms with Crippen LogP contribution in [0.5, 0.6) is 0 Å². The first-order valence-corrected chi connectivity index (χ1v) is 5.41. The Labute approximate surface area is 97.4 Å². The molecule has 0 saturated heterocycles. The van der Waals surface area contributed by atoms with E-state index in [4.69, 9.17) is 0 Å². The van der Waals surface area contributed by atoms with E-state index in [0.717, 1.165) is 22.4 Å². The fourth-order valence-corrected chi connectivity index (χ4v) is 1.61. The molecule has 0 aliphatic rings. The summed E-state index contributed by atoms with van der Waals surface area (Å²) in [4.78, 5) is 6.33. The van der Waals surface area contributed by atoms with Crippen LogP contribution in [-0.2, 0) is 0 Å². The van der Waals surface area contributed by atoms with E-state index in [2.05, 4.69) is 4.99 Å². The third-order valence-electron chi connectivity index (χ3n) is 2.41. The predicted octanol–water partition coefficient (Wildman–Crippen LogP) is 2.58. The van der Waals surface area contributed by atoms with Crippen LogP contribution in [0.3, 0.4) is 0 Å². The molecule has 3 heteroatoms. The van der Waals surface area contributed by atoms with Gasteiger partial charge < -0.3 is 10.0 Å². The number of nitrogens with zero attached hydrogens (tertiary/aromatic N) is 2. The summed E-state index contributed by atoms with van der Waals surface area (Å²) in [5.41, 5.74) is 4.11. The minimum absolute atomic E-state index is 0.427. The number of aliphatic hydroxyl groups is 1. The molecule has 0 aliphatic heterocycles. The predicted molar refractivity (Wildman–Crippen MR) is 68.4 cm³/mol. The number of aliphatic hydroxyl groups excluding tert-OH is 1. The van der Waals surface area contributed by atoms with Gasteiger partial charge in [0.05, 0.1) is 18.1 Å². The Morgan fingerprint density at radius 3 is 2.12 bits per heavy atom. The quantitative estimate of drug-likeness (QED) is 0.627. The molecule has 0 spiro atoms. The van der Waals surface area contributed by atoms with Gasteiger partial charge in [-0.05, 0) is 37.5 Å². The molecule has 0 amide bonds. The first kappa shape index (κ1) is 12.7. The van der Waals surface area contributed by atoms with E-state index in [-0.39, 0.29) is 0 Å². The molecule has 0 saturated carbocycles. The fourth-order valence-electron chi connectivity index (χ4n) is 1.61. The summed E-state index contributed by atoms with van der Waals surface area (Å²) in [7, 11) is 3.89. The lowest BCUT2D eigenvalue weighted by atomic mass is 10.0. The Morgan fingerprint density at radius 1 is 1.25 bits per heavy atom. The van der Waals surface area contributed by atoms with Crippen molar-refractivity contribution in [1.82, 2.24) is 4.90 Å². The minimum atomic E-state index is -0.427. The number of hydrogen-bond donors (Lipinski definition) is 1. The average Bonchev–Trinajstić information content (AvgIpc) is 2.15. The molecule has 16 heavy (non-hydrogen) atoms. The fraction of sp³-hybridized carbons (Fsp3) is 0.462. The monoisotopic (exact) mass is 220 g/mol. The maximum atomic E-state index is 9.53. The van der Waals surface area contributed by atoms with Gasteiger partial charge in [0.1, 0.15) is 0 Å². The van der Waals surface area contributed by atoms with Crippen LogP contribution in [0.1, 0.15) is 29.7 Å². The van der Waals surface area contributed by atoms with Gasteiger partial charge in [0, 0.05) is 14.1 Å². The molecule has 0 fully saturated rings. The van der Waals surface area contributed by atoms with Gasteiger partial charge in [0.25, 0.3) is 0 Å². The maximum Gasteiger partial charge on any atom is 0.0907 e. The second kappa shape index (κ2) is 5.12. The average molecular weight is 220 g/mol. The first-order chi connectivity index (χ1) is 7.41. The zero-order valence-corrected chi connectivity index (χ0v) is 10.7. The molecule has 0 heterocycles. The highest BCUT2D eigenvalue weighted by Crippen LogP contribution is 2.27. The maximum absolute atomic E-state index is 9.53. The number of aliphatic imine (C=N–C) groups is 1. The van der Waals surface area contributed by atoms with Gasteiger partial charge in [0.15, 0.2) is 0 Å². The topological polar surface area (TPSA) is 35.8 Å². The summed E-state index contributed by atoms with van der Waals surface area (Å²) in [6, 6.07) is 3.97. The summed E-state index contributed by atoms with van der Waals surface area (Å²) in [5.74, 6) is 0. The van der Waals surface area contributed by atoms with E-state index in [9.17, 15) is 5.11 Å². The van der Waals surface area contributed by atoms with Crippen molar-refractivity contribution < 1.29 is 5.11 Å². The van der Waals surface area contributed by atoms with Gasteiger partial charge >= 0.3 is 0 Å². The number of aryl methyl sites for hydroxylation is 2. The third-order valence-corrected chi connectivity index (χ3v) is 2.41. The molecule has 0 unspecified atom stereocenters. The normalized spacial score (nSPS) is 13.1. The Kier molecular flexibility index (Phi) is 4.07. The van der Waals surface area contributed by atoms with E-state index in [0.29, 0.717) is 0 Å². The number of rotatable bonds is 3. The molecule has 0 aromatic heterocycles. The second-order valence-electron chi connectivity index (χ2n) is 4.39. The van der Waals surface area contributed by atoms with Crippen molar-refractivity contribution in [3.63, 3.8) is 0 Å².